The molecular weight excluding hydrogens is 274 g/mol. The van der Waals surface area contributed by atoms with E-state index in [1.165, 1.54) is 24.8 Å². The molecule has 2 aliphatic rings. The normalized spacial score (nSPS) is 26.9. The van der Waals surface area contributed by atoms with E-state index in [0.717, 1.165) is 25.7 Å². The molecule has 2 fully saturated rings. The lowest BCUT2D eigenvalue weighted by molar-refractivity contribution is 0.260. The Morgan fingerprint density at radius 3 is 2.75 bits per heavy atom. The molecule has 1 aliphatic carbocycles. The zero-order chi connectivity index (χ0) is 14.2. The molecule has 1 aromatic heterocycles. The van der Waals surface area contributed by atoms with Crippen molar-refractivity contribution in [2.45, 2.75) is 43.0 Å². The van der Waals surface area contributed by atoms with Crippen LogP contribution in [0.25, 0.3) is 0 Å². The van der Waals surface area contributed by atoms with E-state index in [1.807, 2.05) is 6.07 Å². The summed E-state index contributed by atoms with van der Waals surface area (Å²) in [6.07, 6.45) is 6.69. The summed E-state index contributed by atoms with van der Waals surface area (Å²) in [4.78, 5) is 4.07. The van der Waals surface area contributed by atoms with Gasteiger partial charge in [0.2, 0.25) is 10.0 Å². The van der Waals surface area contributed by atoms with Crippen LogP contribution in [-0.4, -0.2) is 30.3 Å². The summed E-state index contributed by atoms with van der Waals surface area (Å²) in [6, 6.07) is 5.00. The smallest absolute Gasteiger partial charge is 0.244 e. The van der Waals surface area contributed by atoms with Gasteiger partial charge in [0.15, 0.2) is 0 Å². The second kappa shape index (κ2) is 5.15. The molecule has 0 amide bonds. The summed E-state index contributed by atoms with van der Waals surface area (Å²) in [5.41, 5.74) is 0.237. The molecule has 0 radical (unpaired) electrons. The topological polar surface area (TPSA) is 74.1 Å². The summed E-state index contributed by atoms with van der Waals surface area (Å²) >= 11 is 0. The zero-order valence-corrected chi connectivity index (χ0v) is 12.0. The summed E-state index contributed by atoms with van der Waals surface area (Å²) < 4.78 is 27.0. The van der Waals surface area contributed by atoms with Gasteiger partial charge in [-0.2, -0.15) is 9.57 Å². The lowest BCUT2D eigenvalue weighted by Crippen LogP contribution is -2.39. The molecule has 2 unspecified atom stereocenters. The van der Waals surface area contributed by atoms with Crippen LogP contribution in [0.2, 0.25) is 0 Å². The Balaban J connectivity index is 1.89. The monoisotopic (exact) mass is 291 g/mol. The fraction of sp³-hybridized carbons (Fsp3) is 0.571. The number of sulfonamides is 1. The minimum absolute atomic E-state index is 0.157. The van der Waals surface area contributed by atoms with Crippen LogP contribution in [0.5, 0.6) is 0 Å². The van der Waals surface area contributed by atoms with Gasteiger partial charge in [-0.1, -0.05) is 12.8 Å². The quantitative estimate of drug-likeness (QED) is 0.834. The summed E-state index contributed by atoms with van der Waals surface area (Å²) in [7, 11) is -3.47. The highest BCUT2D eigenvalue weighted by molar-refractivity contribution is 7.89. The minimum Gasteiger partial charge on any atom is -0.244 e. The number of nitriles is 1. The molecule has 0 N–H and O–H groups in total. The summed E-state index contributed by atoms with van der Waals surface area (Å²) in [5.74, 6) is 0.518. The molecule has 0 bridgehead atoms. The molecular formula is C14H17N3O2S. The Morgan fingerprint density at radius 1 is 1.25 bits per heavy atom. The fourth-order valence-corrected chi connectivity index (χ4v) is 5.07. The maximum Gasteiger partial charge on any atom is 0.244 e. The van der Waals surface area contributed by atoms with Gasteiger partial charge in [0.1, 0.15) is 16.7 Å². The third kappa shape index (κ3) is 2.21. The van der Waals surface area contributed by atoms with E-state index in [4.69, 9.17) is 5.26 Å². The van der Waals surface area contributed by atoms with Crippen molar-refractivity contribution >= 4 is 10.0 Å². The third-order valence-corrected chi connectivity index (χ3v) is 6.32. The molecule has 1 saturated heterocycles. The van der Waals surface area contributed by atoms with Crippen molar-refractivity contribution in [2.75, 3.05) is 6.54 Å². The van der Waals surface area contributed by atoms with Crippen LogP contribution in [0.1, 0.15) is 37.8 Å². The third-order valence-electron chi connectivity index (χ3n) is 4.42. The Labute approximate surface area is 119 Å². The van der Waals surface area contributed by atoms with Crippen molar-refractivity contribution < 1.29 is 8.42 Å². The van der Waals surface area contributed by atoms with E-state index >= 15 is 0 Å². The highest BCUT2D eigenvalue weighted by Gasteiger charge is 2.42. The molecule has 0 aromatic carbocycles. The van der Waals surface area contributed by atoms with E-state index < -0.39 is 10.0 Å². The van der Waals surface area contributed by atoms with E-state index in [-0.39, 0.29) is 16.6 Å². The molecule has 1 aromatic rings. The second-order valence-corrected chi connectivity index (χ2v) is 7.40. The van der Waals surface area contributed by atoms with Crippen molar-refractivity contribution in [3.63, 3.8) is 0 Å². The molecule has 6 heteroatoms. The predicted molar refractivity (Wildman–Crippen MR) is 73.2 cm³/mol. The highest BCUT2D eigenvalue weighted by atomic mass is 32.2. The molecule has 2 heterocycles. The van der Waals surface area contributed by atoms with Crippen LogP contribution in [0.3, 0.4) is 0 Å². The number of aromatic nitrogens is 1. The highest BCUT2D eigenvalue weighted by Crippen LogP contribution is 2.38. The van der Waals surface area contributed by atoms with Gasteiger partial charge in [0, 0.05) is 18.8 Å². The van der Waals surface area contributed by atoms with Gasteiger partial charge in [-0.3, -0.25) is 0 Å². The van der Waals surface area contributed by atoms with Crippen LogP contribution in [-0.2, 0) is 10.0 Å². The van der Waals surface area contributed by atoms with Crippen LogP contribution in [0.15, 0.2) is 23.2 Å². The maximum atomic E-state index is 12.7. The predicted octanol–water partition coefficient (Wildman–Crippen LogP) is 1.91. The van der Waals surface area contributed by atoms with Gasteiger partial charge in [-0.15, -0.1) is 0 Å². The molecule has 0 spiro atoms. The number of hydrogen-bond donors (Lipinski definition) is 0. The Morgan fingerprint density at radius 2 is 2.05 bits per heavy atom. The summed E-state index contributed by atoms with van der Waals surface area (Å²) in [5, 5.41) is 8.72. The molecule has 1 saturated carbocycles. The van der Waals surface area contributed by atoms with E-state index in [1.54, 1.807) is 4.31 Å². The average molecular weight is 291 g/mol. The van der Waals surface area contributed by atoms with Crippen molar-refractivity contribution in [1.82, 2.24) is 9.29 Å². The van der Waals surface area contributed by atoms with E-state index in [9.17, 15) is 8.42 Å². The molecule has 2 atom stereocenters. The van der Waals surface area contributed by atoms with Crippen molar-refractivity contribution in [3.8, 4) is 6.07 Å². The second-order valence-electron chi connectivity index (χ2n) is 5.51. The SMILES string of the molecule is N#Cc1ccc(S(=O)(=O)N2CCC3CCCCC32)cn1. The van der Waals surface area contributed by atoms with Gasteiger partial charge in [0.05, 0.1) is 0 Å². The van der Waals surface area contributed by atoms with Crippen LogP contribution in [0.4, 0.5) is 0 Å². The number of rotatable bonds is 2. The molecule has 5 nitrogen and oxygen atoms in total. The Hall–Kier alpha value is -1.45. The van der Waals surface area contributed by atoms with Gasteiger partial charge >= 0.3 is 0 Å². The fourth-order valence-electron chi connectivity index (χ4n) is 3.40. The first-order chi connectivity index (χ1) is 9.63. The lowest BCUT2D eigenvalue weighted by Gasteiger charge is -2.30. The average Bonchev–Trinajstić information content (AvgIpc) is 2.92. The first-order valence-corrected chi connectivity index (χ1v) is 8.45. The Kier molecular flexibility index (Phi) is 3.48. The van der Waals surface area contributed by atoms with Crippen molar-refractivity contribution in [3.05, 3.63) is 24.0 Å². The zero-order valence-electron chi connectivity index (χ0n) is 11.2. The van der Waals surface area contributed by atoms with Gasteiger partial charge in [-0.05, 0) is 37.3 Å². The molecule has 106 valence electrons. The molecule has 1 aliphatic heterocycles. The van der Waals surface area contributed by atoms with Crippen molar-refractivity contribution in [1.29, 1.82) is 5.26 Å². The van der Waals surface area contributed by atoms with Gasteiger partial charge < -0.3 is 0 Å². The van der Waals surface area contributed by atoms with Crippen LogP contribution >= 0.6 is 0 Å². The first-order valence-electron chi connectivity index (χ1n) is 7.01. The van der Waals surface area contributed by atoms with Crippen LogP contribution < -0.4 is 0 Å². The standard InChI is InChI=1S/C14H17N3O2S/c15-9-12-5-6-13(10-16-12)20(18,19)17-8-7-11-3-1-2-4-14(11)17/h5-6,10-11,14H,1-4,7-8H2. The van der Waals surface area contributed by atoms with Crippen molar-refractivity contribution in [2.24, 2.45) is 5.92 Å². The van der Waals surface area contributed by atoms with Gasteiger partial charge in [0.25, 0.3) is 0 Å². The summed E-state index contributed by atoms with van der Waals surface area (Å²) in [6.45, 7) is 0.609. The number of fused-ring (bicyclic) bond motifs is 1. The Bertz CT molecular complexity index is 633. The largest absolute Gasteiger partial charge is 0.244 e. The minimum atomic E-state index is -3.47. The van der Waals surface area contributed by atoms with E-state index in [0.29, 0.717) is 12.5 Å². The molecule has 20 heavy (non-hydrogen) atoms. The van der Waals surface area contributed by atoms with E-state index in [2.05, 4.69) is 4.98 Å². The number of nitrogens with zero attached hydrogens (tertiary/aromatic N) is 3. The first kappa shape index (κ1) is 13.5. The number of hydrogen-bond acceptors (Lipinski definition) is 4. The number of pyridine rings is 1. The van der Waals surface area contributed by atoms with Gasteiger partial charge in [-0.25, -0.2) is 13.4 Å². The van der Waals surface area contributed by atoms with Crippen LogP contribution in [0, 0.1) is 17.2 Å². The lowest BCUT2D eigenvalue weighted by atomic mass is 9.86. The maximum absolute atomic E-state index is 12.7. The molecule has 3 rings (SSSR count).